The summed E-state index contributed by atoms with van der Waals surface area (Å²) in [5.41, 5.74) is 0.823. The van der Waals surface area contributed by atoms with Gasteiger partial charge >= 0.3 is 15.8 Å². The molecule has 0 aliphatic rings. The maximum atomic E-state index is 12.6. The molecule has 6 nitrogen and oxygen atoms in total. The molecular weight excluding hydrogens is 328 g/mol. The average Bonchev–Trinajstić information content (AvgIpc) is 2.54. The summed E-state index contributed by atoms with van der Waals surface area (Å²) in [7, 11) is -4.10. The highest BCUT2D eigenvalue weighted by molar-refractivity contribution is 7.87. The predicted octanol–water partition coefficient (Wildman–Crippen LogP) is 4.11. The van der Waals surface area contributed by atoms with Gasteiger partial charge in [-0.25, -0.2) is 0 Å². The third kappa shape index (κ3) is 2.75. The van der Waals surface area contributed by atoms with E-state index in [1.807, 2.05) is 13.0 Å². The summed E-state index contributed by atoms with van der Waals surface area (Å²) in [5, 5.41) is 19.4. The van der Waals surface area contributed by atoms with Gasteiger partial charge in [0.2, 0.25) is 11.1 Å². The van der Waals surface area contributed by atoms with Gasteiger partial charge in [-0.05, 0) is 36.8 Å². The van der Waals surface area contributed by atoms with Crippen LogP contribution in [0.25, 0.3) is 15.7 Å². The van der Waals surface area contributed by atoms with E-state index in [9.17, 15) is 13.5 Å². The van der Waals surface area contributed by atoms with E-state index in [0.29, 0.717) is 0 Å². The Morgan fingerprint density at radius 3 is 2.50 bits per heavy atom. The molecule has 0 unspecified atom stereocenters. The summed E-state index contributed by atoms with van der Waals surface area (Å²) in [6, 6.07) is 13.9. The van der Waals surface area contributed by atoms with Gasteiger partial charge in [-0.1, -0.05) is 24.3 Å². The number of aromatic hydroxyl groups is 1. The van der Waals surface area contributed by atoms with Crippen LogP contribution in [0.4, 0.5) is 5.69 Å². The molecule has 120 valence electrons. The summed E-state index contributed by atoms with van der Waals surface area (Å²) in [5.74, 6) is -0.0965. The zero-order valence-electron chi connectivity index (χ0n) is 12.7. The highest BCUT2D eigenvalue weighted by Gasteiger charge is 2.24. The number of hydrogen-bond donors (Lipinski definition) is 1. The van der Waals surface area contributed by atoms with Crippen LogP contribution in [0.3, 0.4) is 0 Å². The lowest BCUT2D eigenvalue weighted by Gasteiger charge is -2.10. The first-order chi connectivity index (χ1) is 11.4. The molecule has 0 saturated carbocycles. The molecule has 1 N–H and O–H groups in total. The van der Waals surface area contributed by atoms with Gasteiger partial charge in [0, 0.05) is 16.8 Å². The Balaban J connectivity index is 2.15. The largest absolute Gasteiger partial charge is 0.501 e. The van der Waals surface area contributed by atoms with Gasteiger partial charge < -0.3 is 9.29 Å². The Labute approximate surface area is 138 Å². The summed E-state index contributed by atoms with van der Waals surface area (Å²) in [6.07, 6.45) is 0. The monoisotopic (exact) mass is 341 g/mol. The third-order valence-corrected chi connectivity index (χ3v) is 4.85. The lowest BCUT2D eigenvalue weighted by molar-refractivity contribution is 0.484. The molecule has 0 aliphatic heterocycles. The number of phenolic OH excluding ortho intramolecular Hbond substituents is 1. The van der Waals surface area contributed by atoms with Gasteiger partial charge in [0.05, 0.1) is 0 Å². The lowest BCUT2D eigenvalue weighted by Crippen LogP contribution is -2.10. The average molecular weight is 341 g/mol. The van der Waals surface area contributed by atoms with Crippen molar-refractivity contribution < 1.29 is 17.7 Å². The SMILES string of the molecule is Cc1cccc(OS(=O)(=O)c2cccc3c(O)c([N+]#N)ccc23)c1. The van der Waals surface area contributed by atoms with Crippen LogP contribution in [-0.2, 0) is 10.1 Å². The van der Waals surface area contributed by atoms with E-state index in [0.717, 1.165) is 5.56 Å². The molecule has 0 radical (unpaired) electrons. The van der Waals surface area contributed by atoms with Crippen molar-refractivity contribution in [2.24, 2.45) is 0 Å². The Morgan fingerprint density at radius 1 is 1.04 bits per heavy atom. The minimum Gasteiger partial charge on any atom is -0.501 e. The van der Waals surface area contributed by atoms with Crippen LogP contribution in [0.2, 0.25) is 0 Å². The fourth-order valence-electron chi connectivity index (χ4n) is 2.44. The van der Waals surface area contributed by atoms with Crippen LogP contribution in [0.5, 0.6) is 11.5 Å². The van der Waals surface area contributed by atoms with Gasteiger partial charge in [0.15, 0.2) is 4.98 Å². The van der Waals surface area contributed by atoms with E-state index in [2.05, 4.69) is 4.98 Å². The molecular formula is C17H13N2O4S+. The smallest absolute Gasteiger partial charge is 0.426 e. The van der Waals surface area contributed by atoms with Crippen LogP contribution in [0.1, 0.15) is 5.56 Å². The minimum absolute atomic E-state index is 0.0448. The van der Waals surface area contributed by atoms with Crippen LogP contribution in [0, 0.1) is 12.3 Å². The summed E-state index contributed by atoms with van der Waals surface area (Å²) >= 11 is 0. The first-order valence-corrected chi connectivity index (χ1v) is 8.44. The molecule has 3 aromatic rings. The zero-order chi connectivity index (χ0) is 17.3. The van der Waals surface area contributed by atoms with Crippen molar-refractivity contribution in [2.75, 3.05) is 0 Å². The van der Waals surface area contributed by atoms with Crippen molar-refractivity contribution in [3.8, 4) is 11.5 Å². The highest BCUT2D eigenvalue weighted by atomic mass is 32.2. The normalized spacial score (nSPS) is 11.2. The molecule has 0 aromatic heterocycles. The molecule has 7 heteroatoms. The molecule has 0 fully saturated rings. The molecule has 0 heterocycles. The summed E-state index contributed by atoms with van der Waals surface area (Å²) in [6.45, 7) is 1.83. The van der Waals surface area contributed by atoms with Crippen LogP contribution in [-0.4, -0.2) is 13.5 Å². The molecule has 0 atom stereocenters. The van der Waals surface area contributed by atoms with E-state index in [4.69, 9.17) is 9.58 Å². The maximum Gasteiger partial charge on any atom is 0.426 e. The molecule has 24 heavy (non-hydrogen) atoms. The van der Waals surface area contributed by atoms with Crippen molar-refractivity contribution in [1.29, 1.82) is 5.39 Å². The Morgan fingerprint density at radius 2 is 1.79 bits per heavy atom. The van der Waals surface area contributed by atoms with Crippen molar-refractivity contribution in [1.82, 2.24) is 0 Å². The first kappa shape index (κ1) is 15.8. The second-order valence-corrected chi connectivity index (χ2v) is 6.75. The number of rotatable bonds is 3. The minimum atomic E-state index is -4.10. The van der Waals surface area contributed by atoms with E-state index < -0.39 is 10.1 Å². The first-order valence-electron chi connectivity index (χ1n) is 7.03. The van der Waals surface area contributed by atoms with Gasteiger partial charge in [-0.15, -0.1) is 0 Å². The van der Waals surface area contributed by atoms with Crippen LogP contribution in [0.15, 0.2) is 59.5 Å². The second kappa shape index (κ2) is 5.83. The van der Waals surface area contributed by atoms with Crippen molar-refractivity contribution in [2.45, 2.75) is 11.8 Å². The molecule has 0 aliphatic carbocycles. The Kier molecular flexibility index (Phi) is 3.83. The molecule has 0 amide bonds. The van der Waals surface area contributed by atoms with Crippen LogP contribution >= 0.6 is 0 Å². The Hall–Kier alpha value is -3.11. The number of benzene rings is 3. The van der Waals surface area contributed by atoms with E-state index in [1.165, 1.54) is 30.3 Å². The molecule has 0 saturated heterocycles. The Bertz CT molecular complexity index is 1090. The summed E-state index contributed by atoms with van der Waals surface area (Å²) in [4.78, 5) is 2.88. The highest BCUT2D eigenvalue weighted by Crippen LogP contribution is 2.37. The fourth-order valence-corrected chi connectivity index (χ4v) is 3.58. The van der Waals surface area contributed by atoms with E-state index in [-0.39, 0.29) is 32.9 Å². The van der Waals surface area contributed by atoms with Gasteiger partial charge in [-0.3, -0.25) is 0 Å². The number of nitrogens with zero attached hydrogens (tertiary/aromatic N) is 2. The number of fused-ring (bicyclic) bond motifs is 1. The molecule has 0 spiro atoms. The topological polar surface area (TPSA) is 91.8 Å². The van der Waals surface area contributed by atoms with Gasteiger partial charge in [-0.2, -0.15) is 8.42 Å². The van der Waals surface area contributed by atoms with Gasteiger partial charge in [0.1, 0.15) is 10.6 Å². The van der Waals surface area contributed by atoms with E-state index >= 15 is 0 Å². The number of phenols is 1. The lowest BCUT2D eigenvalue weighted by atomic mass is 10.1. The summed E-state index contributed by atoms with van der Waals surface area (Å²) < 4.78 is 30.4. The number of aryl methyl sites for hydroxylation is 1. The predicted molar refractivity (Wildman–Crippen MR) is 89.3 cm³/mol. The molecule has 3 rings (SSSR count). The number of diazo groups is 1. The maximum absolute atomic E-state index is 12.6. The van der Waals surface area contributed by atoms with Crippen molar-refractivity contribution >= 4 is 26.6 Å². The van der Waals surface area contributed by atoms with Crippen molar-refractivity contribution in [3.05, 3.63) is 65.1 Å². The molecule has 0 bridgehead atoms. The second-order valence-electron chi connectivity index (χ2n) is 5.24. The van der Waals surface area contributed by atoms with E-state index in [1.54, 1.807) is 18.2 Å². The van der Waals surface area contributed by atoms with Gasteiger partial charge in [0.25, 0.3) is 0 Å². The zero-order valence-corrected chi connectivity index (χ0v) is 13.5. The number of hydrogen-bond acceptors (Lipinski definition) is 5. The van der Waals surface area contributed by atoms with Crippen molar-refractivity contribution in [3.63, 3.8) is 0 Å². The quantitative estimate of drug-likeness (QED) is 0.572. The third-order valence-electron chi connectivity index (χ3n) is 3.54. The van der Waals surface area contributed by atoms with Crippen LogP contribution < -0.4 is 4.18 Å². The standard InChI is InChI=1S/C17H12N2O4S/c1-11-4-2-5-12(10-11)23-24(21,22)16-7-3-6-14-13(16)8-9-15(19-18)17(14)20/h2-10H,1H3/p+1. The molecule has 3 aromatic carbocycles. The fraction of sp³-hybridized carbons (Fsp3) is 0.0588.